The second kappa shape index (κ2) is 5.29. The van der Waals surface area contributed by atoms with Crippen LogP contribution in [0.4, 0.5) is 0 Å². The number of fused-ring (bicyclic) bond motifs is 1. The van der Waals surface area contributed by atoms with Gasteiger partial charge in [0.1, 0.15) is 5.76 Å². The highest BCUT2D eigenvalue weighted by atomic mass is 16.3. The van der Waals surface area contributed by atoms with Crippen LogP contribution in [-0.4, -0.2) is 7.05 Å². The van der Waals surface area contributed by atoms with Gasteiger partial charge in [0.15, 0.2) is 0 Å². The Morgan fingerprint density at radius 2 is 1.84 bits per heavy atom. The number of furan rings is 1. The lowest BCUT2D eigenvalue weighted by molar-refractivity contribution is 0.430. The third-order valence-electron chi connectivity index (χ3n) is 3.54. The van der Waals surface area contributed by atoms with Gasteiger partial charge in [0.2, 0.25) is 0 Å². The Balaban J connectivity index is 1.96. The van der Waals surface area contributed by atoms with Crippen LogP contribution in [0.2, 0.25) is 0 Å². The molecule has 0 spiro atoms. The highest BCUT2D eigenvalue weighted by Gasteiger charge is 2.13. The Morgan fingerprint density at radius 1 is 1.00 bits per heavy atom. The van der Waals surface area contributed by atoms with Gasteiger partial charge >= 0.3 is 0 Å². The lowest BCUT2D eigenvalue weighted by atomic mass is 9.98. The standard InChI is InChI=1S/C17H17NO/c1-18-16(17-10-5-11-19-17)12-14-8-4-7-13-6-2-3-9-15(13)14/h2-11,16,18H,12H2,1H3. The lowest BCUT2D eigenvalue weighted by Crippen LogP contribution is -2.18. The molecule has 0 saturated carbocycles. The van der Waals surface area contributed by atoms with E-state index in [1.165, 1.54) is 16.3 Å². The van der Waals surface area contributed by atoms with Crippen molar-refractivity contribution in [3.63, 3.8) is 0 Å². The van der Waals surface area contributed by atoms with E-state index in [1.807, 2.05) is 19.2 Å². The third-order valence-corrected chi connectivity index (χ3v) is 3.54. The van der Waals surface area contributed by atoms with E-state index < -0.39 is 0 Å². The number of rotatable bonds is 4. The number of benzene rings is 2. The lowest BCUT2D eigenvalue weighted by Gasteiger charge is -2.15. The summed E-state index contributed by atoms with van der Waals surface area (Å²) in [5.74, 6) is 0.982. The molecule has 1 N–H and O–H groups in total. The van der Waals surface area contributed by atoms with Gasteiger partial charge in [-0.2, -0.15) is 0 Å². The molecule has 19 heavy (non-hydrogen) atoms. The predicted molar refractivity (Wildman–Crippen MR) is 78.2 cm³/mol. The van der Waals surface area contributed by atoms with E-state index in [4.69, 9.17) is 4.42 Å². The van der Waals surface area contributed by atoms with Crippen molar-refractivity contribution in [3.05, 3.63) is 72.2 Å². The topological polar surface area (TPSA) is 25.2 Å². The predicted octanol–water partition coefficient (Wildman–Crippen LogP) is 3.94. The molecule has 1 unspecified atom stereocenters. The van der Waals surface area contributed by atoms with E-state index in [1.54, 1.807) is 6.26 Å². The quantitative estimate of drug-likeness (QED) is 0.760. The highest BCUT2D eigenvalue weighted by molar-refractivity contribution is 5.85. The van der Waals surface area contributed by atoms with Gasteiger partial charge < -0.3 is 9.73 Å². The van der Waals surface area contributed by atoms with Gasteiger partial charge in [-0.15, -0.1) is 0 Å². The van der Waals surface area contributed by atoms with Crippen molar-refractivity contribution < 1.29 is 4.42 Å². The van der Waals surface area contributed by atoms with Gasteiger partial charge in [0.05, 0.1) is 12.3 Å². The van der Waals surface area contributed by atoms with Crippen LogP contribution in [0, 0.1) is 0 Å². The average Bonchev–Trinajstić information content (AvgIpc) is 2.99. The smallest absolute Gasteiger partial charge is 0.121 e. The molecule has 2 aromatic carbocycles. The largest absolute Gasteiger partial charge is 0.468 e. The monoisotopic (exact) mass is 251 g/mol. The Bertz CT molecular complexity index is 653. The average molecular weight is 251 g/mol. The van der Waals surface area contributed by atoms with Crippen LogP contribution >= 0.6 is 0 Å². The molecule has 0 aliphatic rings. The minimum absolute atomic E-state index is 0.209. The fraction of sp³-hybridized carbons (Fsp3) is 0.176. The highest BCUT2D eigenvalue weighted by Crippen LogP contribution is 2.24. The van der Waals surface area contributed by atoms with Gasteiger partial charge in [0.25, 0.3) is 0 Å². The molecule has 2 nitrogen and oxygen atoms in total. The second-order valence-electron chi connectivity index (χ2n) is 4.70. The third kappa shape index (κ3) is 2.40. The van der Waals surface area contributed by atoms with Crippen molar-refractivity contribution in [1.29, 1.82) is 0 Å². The van der Waals surface area contributed by atoms with Crippen LogP contribution in [0.15, 0.2) is 65.3 Å². The van der Waals surface area contributed by atoms with Gasteiger partial charge in [-0.3, -0.25) is 0 Å². The van der Waals surface area contributed by atoms with Gasteiger partial charge in [-0.05, 0) is 41.9 Å². The number of nitrogens with one attached hydrogen (secondary N) is 1. The summed E-state index contributed by atoms with van der Waals surface area (Å²) < 4.78 is 5.51. The minimum atomic E-state index is 0.209. The van der Waals surface area contributed by atoms with Crippen molar-refractivity contribution in [2.45, 2.75) is 12.5 Å². The van der Waals surface area contributed by atoms with Crippen molar-refractivity contribution in [2.75, 3.05) is 7.05 Å². The molecule has 0 radical (unpaired) electrons. The number of hydrogen-bond donors (Lipinski definition) is 1. The fourth-order valence-corrected chi connectivity index (χ4v) is 2.52. The molecule has 1 aromatic heterocycles. The molecule has 0 bridgehead atoms. The molecule has 3 rings (SSSR count). The Hall–Kier alpha value is -2.06. The Morgan fingerprint density at radius 3 is 2.63 bits per heavy atom. The molecular weight excluding hydrogens is 234 g/mol. The molecule has 0 saturated heterocycles. The summed E-state index contributed by atoms with van der Waals surface area (Å²) in [5.41, 5.74) is 1.34. The zero-order valence-corrected chi connectivity index (χ0v) is 11.0. The van der Waals surface area contributed by atoms with E-state index in [0.717, 1.165) is 12.2 Å². The number of hydrogen-bond acceptors (Lipinski definition) is 2. The van der Waals surface area contributed by atoms with Crippen LogP contribution in [-0.2, 0) is 6.42 Å². The normalized spacial score (nSPS) is 12.7. The second-order valence-corrected chi connectivity index (χ2v) is 4.70. The van der Waals surface area contributed by atoms with Crippen LogP contribution in [0.3, 0.4) is 0 Å². The first-order valence-corrected chi connectivity index (χ1v) is 6.56. The van der Waals surface area contributed by atoms with Crippen molar-refractivity contribution >= 4 is 10.8 Å². The molecule has 96 valence electrons. The maximum absolute atomic E-state index is 5.51. The summed E-state index contributed by atoms with van der Waals surface area (Å²) in [4.78, 5) is 0. The Labute approximate surface area is 113 Å². The van der Waals surface area contributed by atoms with Crippen LogP contribution in [0.1, 0.15) is 17.4 Å². The van der Waals surface area contributed by atoms with E-state index >= 15 is 0 Å². The summed E-state index contributed by atoms with van der Waals surface area (Å²) in [6.45, 7) is 0. The zero-order chi connectivity index (χ0) is 13.1. The summed E-state index contributed by atoms with van der Waals surface area (Å²) in [7, 11) is 1.97. The van der Waals surface area contributed by atoms with Crippen LogP contribution in [0.25, 0.3) is 10.8 Å². The fourth-order valence-electron chi connectivity index (χ4n) is 2.52. The molecule has 1 atom stereocenters. The Kier molecular flexibility index (Phi) is 3.34. The molecular formula is C17H17NO. The molecule has 3 aromatic rings. The molecule has 0 aliphatic heterocycles. The van der Waals surface area contributed by atoms with E-state index in [-0.39, 0.29) is 6.04 Å². The molecule has 1 heterocycles. The van der Waals surface area contributed by atoms with Crippen molar-refractivity contribution in [3.8, 4) is 0 Å². The van der Waals surface area contributed by atoms with Gasteiger partial charge in [-0.25, -0.2) is 0 Å². The van der Waals surface area contributed by atoms with Crippen molar-refractivity contribution in [2.24, 2.45) is 0 Å². The van der Waals surface area contributed by atoms with Gasteiger partial charge in [-0.1, -0.05) is 42.5 Å². The minimum Gasteiger partial charge on any atom is -0.468 e. The van der Waals surface area contributed by atoms with E-state index in [2.05, 4.69) is 47.8 Å². The molecule has 0 aliphatic carbocycles. The van der Waals surface area contributed by atoms with Crippen molar-refractivity contribution in [1.82, 2.24) is 5.32 Å². The first-order chi connectivity index (χ1) is 9.38. The summed E-state index contributed by atoms with van der Waals surface area (Å²) in [5, 5.41) is 5.93. The summed E-state index contributed by atoms with van der Waals surface area (Å²) in [6.07, 6.45) is 2.65. The van der Waals surface area contributed by atoms with E-state index in [9.17, 15) is 0 Å². The maximum atomic E-state index is 5.51. The molecule has 0 fully saturated rings. The van der Waals surface area contributed by atoms with E-state index in [0.29, 0.717) is 0 Å². The maximum Gasteiger partial charge on any atom is 0.121 e. The first-order valence-electron chi connectivity index (χ1n) is 6.56. The van der Waals surface area contributed by atoms with Gasteiger partial charge in [0, 0.05) is 0 Å². The van der Waals surface area contributed by atoms with Crippen LogP contribution < -0.4 is 5.32 Å². The summed E-state index contributed by atoms with van der Waals surface area (Å²) in [6, 6.07) is 19.1. The zero-order valence-electron chi connectivity index (χ0n) is 11.0. The molecule has 2 heteroatoms. The first kappa shape index (κ1) is 12.0. The number of likely N-dealkylation sites (N-methyl/N-ethyl adjacent to an activating group) is 1. The summed E-state index contributed by atoms with van der Waals surface area (Å²) >= 11 is 0. The SMILES string of the molecule is CNC(Cc1cccc2ccccc12)c1ccco1. The van der Waals surface area contributed by atoms with Crippen LogP contribution in [0.5, 0.6) is 0 Å². The molecule has 0 amide bonds.